The summed E-state index contributed by atoms with van der Waals surface area (Å²) in [6.45, 7) is 1.75. The number of carbonyl (C=O) groups is 1. The first-order valence-corrected chi connectivity index (χ1v) is 2.78. The van der Waals surface area contributed by atoms with E-state index in [-0.39, 0.29) is 5.91 Å². The zero-order chi connectivity index (χ0) is 7.28. The Labute approximate surface area is 55.1 Å². The number of nitrogens with one attached hydrogen (secondary N) is 2. The van der Waals surface area contributed by atoms with Crippen molar-refractivity contribution in [3.8, 4) is 0 Å². The topological polar surface area (TPSA) is 41.1 Å². The van der Waals surface area contributed by atoms with Crippen molar-refractivity contribution in [2.24, 2.45) is 0 Å². The van der Waals surface area contributed by atoms with Crippen molar-refractivity contribution in [2.75, 3.05) is 14.1 Å². The van der Waals surface area contributed by atoms with Gasteiger partial charge in [0, 0.05) is 25.9 Å². The molecule has 0 aliphatic heterocycles. The Morgan fingerprint density at radius 1 is 1.44 bits per heavy atom. The molecule has 0 saturated heterocycles. The molecular formula is C6H12N2O. The van der Waals surface area contributed by atoms with Gasteiger partial charge in [0.25, 0.3) is 0 Å². The Balaban J connectivity index is 3.86. The second kappa shape index (κ2) is 3.95. The van der Waals surface area contributed by atoms with Crippen LogP contribution in [0.25, 0.3) is 0 Å². The van der Waals surface area contributed by atoms with Crippen LogP contribution in [0.5, 0.6) is 0 Å². The van der Waals surface area contributed by atoms with Crippen LogP contribution in [-0.4, -0.2) is 20.0 Å². The molecule has 0 atom stereocenters. The summed E-state index contributed by atoms with van der Waals surface area (Å²) < 4.78 is 0. The first kappa shape index (κ1) is 8.01. The minimum Gasteiger partial charge on any atom is -0.394 e. The first-order valence-electron chi connectivity index (χ1n) is 2.78. The predicted octanol–water partition coefficient (Wildman–Crippen LogP) is -0.144. The van der Waals surface area contributed by atoms with E-state index >= 15 is 0 Å². The van der Waals surface area contributed by atoms with Gasteiger partial charge in [0.2, 0.25) is 5.91 Å². The number of carbonyl (C=O) groups excluding carboxylic acids is 1. The largest absolute Gasteiger partial charge is 0.394 e. The van der Waals surface area contributed by atoms with Gasteiger partial charge in [0.1, 0.15) is 0 Å². The van der Waals surface area contributed by atoms with Crippen LogP contribution in [0.4, 0.5) is 0 Å². The maximum atomic E-state index is 10.7. The minimum atomic E-state index is -0.0515. The van der Waals surface area contributed by atoms with Crippen LogP contribution in [0.3, 0.4) is 0 Å². The molecule has 0 fully saturated rings. The molecule has 3 heteroatoms. The molecule has 0 heterocycles. The van der Waals surface area contributed by atoms with Crippen LogP contribution < -0.4 is 10.6 Å². The third-order valence-corrected chi connectivity index (χ3v) is 0.946. The Kier molecular flexibility index (Phi) is 3.51. The molecule has 3 nitrogen and oxygen atoms in total. The maximum absolute atomic E-state index is 10.7. The summed E-state index contributed by atoms with van der Waals surface area (Å²) in [7, 11) is 3.36. The molecule has 0 aromatic carbocycles. The van der Waals surface area contributed by atoms with Gasteiger partial charge in [0.15, 0.2) is 0 Å². The zero-order valence-corrected chi connectivity index (χ0v) is 5.99. The second-order valence-electron chi connectivity index (χ2n) is 1.70. The van der Waals surface area contributed by atoms with E-state index in [0.717, 1.165) is 0 Å². The van der Waals surface area contributed by atoms with E-state index in [1.807, 2.05) is 0 Å². The summed E-state index contributed by atoms with van der Waals surface area (Å²) in [4.78, 5) is 10.7. The monoisotopic (exact) mass is 128 g/mol. The van der Waals surface area contributed by atoms with Crippen LogP contribution in [0.1, 0.15) is 6.92 Å². The molecule has 0 spiro atoms. The quantitative estimate of drug-likeness (QED) is 0.508. The van der Waals surface area contributed by atoms with Gasteiger partial charge in [-0.2, -0.15) is 0 Å². The van der Waals surface area contributed by atoms with Crippen LogP contribution in [-0.2, 0) is 4.79 Å². The number of hydrogen-bond donors (Lipinski definition) is 2. The summed E-state index contributed by atoms with van der Waals surface area (Å²) in [5.74, 6) is -0.0515. The molecular weight excluding hydrogens is 116 g/mol. The number of rotatable bonds is 2. The Morgan fingerprint density at radius 2 is 2.00 bits per heavy atom. The van der Waals surface area contributed by atoms with Crippen molar-refractivity contribution >= 4 is 5.91 Å². The van der Waals surface area contributed by atoms with E-state index < -0.39 is 0 Å². The van der Waals surface area contributed by atoms with Gasteiger partial charge in [-0.05, 0) is 6.92 Å². The van der Waals surface area contributed by atoms with Gasteiger partial charge in [0.05, 0.1) is 0 Å². The SMILES string of the molecule is CN/C=C(\C)C(=O)NC. The average Bonchev–Trinajstić information content (AvgIpc) is 1.87. The maximum Gasteiger partial charge on any atom is 0.248 e. The lowest BCUT2D eigenvalue weighted by atomic mass is 10.3. The molecule has 0 aliphatic carbocycles. The third kappa shape index (κ3) is 2.74. The van der Waals surface area contributed by atoms with E-state index in [9.17, 15) is 4.79 Å². The van der Waals surface area contributed by atoms with E-state index in [0.29, 0.717) is 5.57 Å². The van der Waals surface area contributed by atoms with E-state index in [2.05, 4.69) is 10.6 Å². The van der Waals surface area contributed by atoms with Crippen molar-refractivity contribution < 1.29 is 4.79 Å². The van der Waals surface area contributed by atoms with Gasteiger partial charge in [-0.1, -0.05) is 0 Å². The highest BCUT2D eigenvalue weighted by Crippen LogP contribution is 1.86. The number of amides is 1. The van der Waals surface area contributed by atoms with Crippen molar-refractivity contribution in [2.45, 2.75) is 6.92 Å². The fraction of sp³-hybridized carbons (Fsp3) is 0.500. The lowest BCUT2D eigenvalue weighted by Gasteiger charge is -1.96. The van der Waals surface area contributed by atoms with Crippen molar-refractivity contribution in [3.05, 3.63) is 11.8 Å². The molecule has 1 amide bonds. The van der Waals surface area contributed by atoms with Crippen molar-refractivity contribution in [1.29, 1.82) is 0 Å². The Bertz CT molecular complexity index is 129. The molecule has 0 radical (unpaired) electrons. The first-order chi connectivity index (χ1) is 4.22. The van der Waals surface area contributed by atoms with Gasteiger partial charge in [-0.15, -0.1) is 0 Å². The molecule has 0 aromatic heterocycles. The summed E-state index contributed by atoms with van der Waals surface area (Å²) in [6.07, 6.45) is 1.65. The standard InChI is InChI=1S/C6H12N2O/c1-5(4-7-2)6(9)8-3/h4,7H,1-3H3,(H,8,9)/b5-4+. The third-order valence-electron chi connectivity index (χ3n) is 0.946. The highest BCUT2D eigenvalue weighted by Gasteiger charge is 1.96. The molecule has 0 aliphatic rings. The molecule has 52 valence electrons. The van der Waals surface area contributed by atoms with E-state index in [1.54, 1.807) is 27.2 Å². The van der Waals surface area contributed by atoms with Crippen LogP contribution >= 0.6 is 0 Å². The summed E-state index contributed by atoms with van der Waals surface area (Å²) in [5.41, 5.74) is 0.681. The normalized spacial score (nSPS) is 10.8. The van der Waals surface area contributed by atoms with Gasteiger partial charge in [-0.3, -0.25) is 4.79 Å². The van der Waals surface area contributed by atoms with Crippen LogP contribution in [0.2, 0.25) is 0 Å². The molecule has 0 saturated carbocycles. The second-order valence-corrected chi connectivity index (χ2v) is 1.70. The summed E-state index contributed by atoms with van der Waals surface area (Å²) >= 11 is 0. The molecule has 0 rings (SSSR count). The van der Waals surface area contributed by atoms with Crippen LogP contribution in [0.15, 0.2) is 11.8 Å². The fourth-order valence-corrected chi connectivity index (χ4v) is 0.479. The summed E-state index contributed by atoms with van der Waals surface area (Å²) in [5, 5.41) is 5.26. The number of hydrogen-bond acceptors (Lipinski definition) is 2. The number of likely N-dealkylation sites (N-methyl/N-ethyl adjacent to an activating group) is 1. The van der Waals surface area contributed by atoms with E-state index in [4.69, 9.17) is 0 Å². The lowest BCUT2D eigenvalue weighted by Crippen LogP contribution is -2.19. The summed E-state index contributed by atoms with van der Waals surface area (Å²) in [6, 6.07) is 0. The zero-order valence-electron chi connectivity index (χ0n) is 5.99. The van der Waals surface area contributed by atoms with E-state index in [1.165, 1.54) is 0 Å². The molecule has 0 unspecified atom stereocenters. The minimum absolute atomic E-state index is 0.0515. The molecule has 9 heavy (non-hydrogen) atoms. The van der Waals surface area contributed by atoms with Crippen molar-refractivity contribution in [1.82, 2.24) is 10.6 Å². The predicted molar refractivity (Wildman–Crippen MR) is 36.9 cm³/mol. The average molecular weight is 128 g/mol. The Hall–Kier alpha value is -0.990. The lowest BCUT2D eigenvalue weighted by molar-refractivity contribution is -0.117. The molecule has 0 aromatic rings. The van der Waals surface area contributed by atoms with Crippen LogP contribution in [0, 0.1) is 0 Å². The van der Waals surface area contributed by atoms with Gasteiger partial charge >= 0.3 is 0 Å². The molecule has 2 N–H and O–H groups in total. The van der Waals surface area contributed by atoms with Gasteiger partial charge < -0.3 is 10.6 Å². The van der Waals surface area contributed by atoms with Gasteiger partial charge in [-0.25, -0.2) is 0 Å². The van der Waals surface area contributed by atoms with Crippen molar-refractivity contribution in [3.63, 3.8) is 0 Å². The highest BCUT2D eigenvalue weighted by molar-refractivity contribution is 5.92. The highest BCUT2D eigenvalue weighted by atomic mass is 16.1. The smallest absolute Gasteiger partial charge is 0.248 e. The molecule has 0 bridgehead atoms. The Morgan fingerprint density at radius 3 is 2.33 bits per heavy atom. The fourth-order valence-electron chi connectivity index (χ4n) is 0.479.